The van der Waals surface area contributed by atoms with Crippen LogP contribution in [0.3, 0.4) is 0 Å². The Morgan fingerprint density at radius 2 is 2.18 bits per heavy atom. The summed E-state index contributed by atoms with van der Waals surface area (Å²) in [5.74, 6) is 1.58. The molecule has 0 bridgehead atoms. The third-order valence-corrected chi connectivity index (χ3v) is 6.36. The zero-order chi connectivity index (χ0) is 19.3. The van der Waals surface area contributed by atoms with Crippen LogP contribution in [0.15, 0.2) is 41.8 Å². The summed E-state index contributed by atoms with van der Waals surface area (Å²) in [6.45, 7) is 6.43. The van der Waals surface area contributed by atoms with E-state index >= 15 is 0 Å². The molecule has 4 rings (SSSR count). The SMILES string of the molecule is CCc1nc2ccccc2n1CC(=O)NCC1CCCN(Cc2cccs2)C1. The zero-order valence-corrected chi connectivity index (χ0v) is 17.3. The number of rotatable bonds is 7. The Balaban J connectivity index is 1.32. The van der Waals surface area contributed by atoms with Gasteiger partial charge in [0.25, 0.3) is 0 Å². The molecule has 1 fully saturated rings. The number of thiophene rings is 1. The van der Waals surface area contributed by atoms with Crippen LogP contribution >= 0.6 is 11.3 Å². The molecule has 148 valence electrons. The molecule has 1 unspecified atom stereocenters. The fourth-order valence-electron chi connectivity index (χ4n) is 4.11. The van der Waals surface area contributed by atoms with Crippen LogP contribution in [0, 0.1) is 5.92 Å². The molecule has 3 aromatic rings. The lowest BCUT2D eigenvalue weighted by atomic mass is 9.98. The topological polar surface area (TPSA) is 50.2 Å². The van der Waals surface area contributed by atoms with Gasteiger partial charge in [-0.15, -0.1) is 11.3 Å². The van der Waals surface area contributed by atoms with Gasteiger partial charge in [-0.2, -0.15) is 0 Å². The first-order valence-electron chi connectivity index (χ1n) is 10.2. The molecule has 1 atom stereocenters. The summed E-state index contributed by atoms with van der Waals surface area (Å²) in [5.41, 5.74) is 2.00. The zero-order valence-electron chi connectivity index (χ0n) is 16.4. The number of para-hydroxylation sites is 2. The summed E-state index contributed by atoms with van der Waals surface area (Å²) >= 11 is 1.82. The summed E-state index contributed by atoms with van der Waals surface area (Å²) in [5, 5.41) is 5.31. The highest BCUT2D eigenvalue weighted by atomic mass is 32.1. The lowest BCUT2D eigenvalue weighted by Gasteiger charge is -2.32. The number of carbonyl (C=O) groups is 1. The Morgan fingerprint density at radius 3 is 3.00 bits per heavy atom. The van der Waals surface area contributed by atoms with Crippen molar-refractivity contribution in [2.24, 2.45) is 5.92 Å². The number of amides is 1. The van der Waals surface area contributed by atoms with E-state index in [4.69, 9.17) is 0 Å². The van der Waals surface area contributed by atoms with Gasteiger partial charge in [0.2, 0.25) is 5.91 Å². The number of nitrogens with one attached hydrogen (secondary N) is 1. The van der Waals surface area contributed by atoms with Crippen molar-refractivity contribution in [1.29, 1.82) is 0 Å². The molecule has 0 spiro atoms. The molecule has 1 N–H and O–H groups in total. The van der Waals surface area contributed by atoms with E-state index < -0.39 is 0 Å². The van der Waals surface area contributed by atoms with E-state index in [0.29, 0.717) is 12.5 Å². The number of benzene rings is 1. The molecule has 1 aliphatic rings. The maximum Gasteiger partial charge on any atom is 0.240 e. The van der Waals surface area contributed by atoms with Crippen molar-refractivity contribution in [2.75, 3.05) is 19.6 Å². The van der Waals surface area contributed by atoms with Crippen LogP contribution in [-0.2, 0) is 24.3 Å². The highest BCUT2D eigenvalue weighted by Gasteiger charge is 2.21. The minimum Gasteiger partial charge on any atom is -0.354 e. The average molecular weight is 397 g/mol. The van der Waals surface area contributed by atoms with E-state index in [9.17, 15) is 4.79 Å². The second-order valence-electron chi connectivity index (χ2n) is 7.58. The van der Waals surface area contributed by atoms with Gasteiger partial charge in [-0.1, -0.05) is 25.1 Å². The smallest absolute Gasteiger partial charge is 0.240 e. The Kier molecular flexibility index (Phi) is 6.07. The summed E-state index contributed by atoms with van der Waals surface area (Å²) in [7, 11) is 0. The Bertz CT molecular complexity index is 918. The number of carbonyl (C=O) groups excluding carboxylic acids is 1. The number of fused-ring (bicyclic) bond motifs is 1. The molecule has 6 heteroatoms. The average Bonchev–Trinajstić information content (AvgIpc) is 3.35. The summed E-state index contributed by atoms with van der Waals surface area (Å²) in [4.78, 5) is 21.2. The molecule has 2 aromatic heterocycles. The molecule has 1 aliphatic heterocycles. The normalized spacial score (nSPS) is 17.8. The first kappa shape index (κ1) is 19.2. The molecule has 1 saturated heterocycles. The van der Waals surface area contributed by atoms with Gasteiger partial charge in [0, 0.05) is 30.9 Å². The van der Waals surface area contributed by atoms with Gasteiger partial charge in [0.1, 0.15) is 12.4 Å². The molecule has 1 aromatic carbocycles. The van der Waals surface area contributed by atoms with Crippen LogP contribution in [0.25, 0.3) is 11.0 Å². The highest BCUT2D eigenvalue weighted by molar-refractivity contribution is 7.09. The van der Waals surface area contributed by atoms with Crippen molar-refractivity contribution >= 4 is 28.3 Å². The van der Waals surface area contributed by atoms with Gasteiger partial charge in [0.15, 0.2) is 0 Å². The van der Waals surface area contributed by atoms with Crippen molar-refractivity contribution in [1.82, 2.24) is 19.8 Å². The largest absolute Gasteiger partial charge is 0.354 e. The molecule has 0 radical (unpaired) electrons. The molecule has 28 heavy (non-hydrogen) atoms. The number of likely N-dealkylation sites (tertiary alicyclic amines) is 1. The Hall–Kier alpha value is -2.18. The minimum absolute atomic E-state index is 0.0771. The quantitative estimate of drug-likeness (QED) is 0.663. The fraction of sp³-hybridized carbons (Fsp3) is 0.455. The van der Waals surface area contributed by atoms with E-state index in [1.54, 1.807) is 0 Å². The summed E-state index contributed by atoms with van der Waals surface area (Å²) in [6, 6.07) is 12.4. The second kappa shape index (κ2) is 8.88. The number of imidazole rings is 1. The van der Waals surface area contributed by atoms with E-state index in [2.05, 4.69) is 44.2 Å². The van der Waals surface area contributed by atoms with Gasteiger partial charge in [-0.25, -0.2) is 4.98 Å². The summed E-state index contributed by atoms with van der Waals surface area (Å²) in [6.07, 6.45) is 3.22. The van der Waals surface area contributed by atoms with Gasteiger partial charge >= 0.3 is 0 Å². The predicted octanol–water partition coefficient (Wildman–Crippen LogP) is 3.69. The van der Waals surface area contributed by atoms with Crippen LogP contribution < -0.4 is 5.32 Å². The molecular formula is C22H28N4OS. The van der Waals surface area contributed by atoms with Gasteiger partial charge in [-0.3, -0.25) is 9.69 Å². The van der Waals surface area contributed by atoms with Crippen LogP contribution in [-0.4, -0.2) is 40.0 Å². The Morgan fingerprint density at radius 1 is 1.29 bits per heavy atom. The van der Waals surface area contributed by atoms with E-state index in [1.165, 1.54) is 17.7 Å². The fourth-order valence-corrected chi connectivity index (χ4v) is 4.86. The number of hydrogen-bond acceptors (Lipinski definition) is 4. The molecule has 0 saturated carbocycles. The number of hydrogen-bond donors (Lipinski definition) is 1. The first-order chi connectivity index (χ1) is 13.7. The predicted molar refractivity (Wildman–Crippen MR) is 114 cm³/mol. The third kappa shape index (κ3) is 4.45. The van der Waals surface area contributed by atoms with Crippen molar-refractivity contribution in [3.63, 3.8) is 0 Å². The number of aryl methyl sites for hydroxylation is 1. The first-order valence-corrected chi connectivity index (χ1v) is 11.1. The number of nitrogens with zero attached hydrogens (tertiary/aromatic N) is 3. The highest BCUT2D eigenvalue weighted by Crippen LogP contribution is 2.20. The van der Waals surface area contributed by atoms with Crippen LogP contribution in [0.4, 0.5) is 0 Å². The van der Waals surface area contributed by atoms with Crippen molar-refractivity contribution in [3.05, 3.63) is 52.5 Å². The van der Waals surface area contributed by atoms with Crippen LogP contribution in [0.2, 0.25) is 0 Å². The molecule has 0 aliphatic carbocycles. The van der Waals surface area contributed by atoms with Crippen molar-refractivity contribution in [3.8, 4) is 0 Å². The van der Waals surface area contributed by atoms with Crippen LogP contribution in [0.5, 0.6) is 0 Å². The van der Waals surface area contributed by atoms with Gasteiger partial charge in [0.05, 0.1) is 11.0 Å². The van der Waals surface area contributed by atoms with E-state index in [1.807, 2.05) is 35.6 Å². The van der Waals surface area contributed by atoms with Gasteiger partial charge in [-0.05, 0) is 48.9 Å². The van der Waals surface area contributed by atoms with E-state index in [-0.39, 0.29) is 5.91 Å². The lowest BCUT2D eigenvalue weighted by molar-refractivity contribution is -0.121. The maximum atomic E-state index is 12.6. The molecule has 3 heterocycles. The van der Waals surface area contributed by atoms with Crippen molar-refractivity contribution in [2.45, 2.75) is 39.3 Å². The number of aromatic nitrogens is 2. The van der Waals surface area contributed by atoms with Crippen LogP contribution in [0.1, 0.15) is 30.5 Å². The van der Waals surface area contributed by atoms with Crippen molar-refractivity contribution < 1.29 is 4.79 Å². The van der Waals surface area contributed by atoms with E-state index in [0.717, 1.165) is 49.5 Å². The monoisotopic (exact) mass is 396 g/mol. The number of piperidine rings is 1. The minimum atomic E-state index is 0.0771. The molecular weight excluding hydrogens is 368 g/mol. The molecule has 1 amide bonds. The third-order valence-electron chi connectivity index (χ3n) is 5.50. The summed E-state index contributed by atoms with van der Waals surface area (Å²) < 4.78 is 2.05. The standard InChI is InChI=1S/C22H28N4OS/c1-2-21-24-19-9-3-4-10-20(19)26(21)16-22(27)23-13-17-7-5-11-25(14-17)15-18-8-6-12-28-18/h3-4,6,8-10,12,17H,2,5,7,11,13-16H2,1H3,(H,23,27). The maximum absolute atomic E-state index is 12.6. The second-order valence-corrected chi connectivity index (χ2v) is 8.62. The molecule has 5 nitrogen and oxygen atoms in total. The Labute approximate surface area is 170 Å². The van der Waals surface area contributed by atoms with Gasteiger partial charge < -0.3 is 9.88 Å². The lowest BCUT2D eigenvalue weighted by Crippen LogP contribution is -2.41.